The van der Waals surface area contributed by atoms with Gasteiger partial charge in [-0.05, 0) is 34.5 Å². The lowest BCUT2D eigenvalue weighted by molar-refractivity contribution is -0.120. The van der Waals surface area contributed by atoms with Crippen LogP contribution in [0.1, 0.15) is 22.0 Å². The van der Waals surface area contributed by atoms with E-state index in [-0.39, 0.29) is 16.3 Å². The predicted molar refractivity (Wildman–Crippen MR) is 99.2 cm³/mol. The van der Waals surface area contributed by atoms with E-state index in [1.54, 1.807) is 18.2 Å². The summed E-state index contributed by atoms with van der Waals surface area (Å²) in [7, 11) is 0. The fourth-order valence-electron chi connectivity index (χ4n) is 2.65. The summed E-state index contributed by atoms with van der Waals surface area (Å²) in [5, 5.41) is 4.88. The first-order chi connectivity index (χ1) is 12.0. The van der Waals surface area contributed by atoms with Crippen LogP contribution >= 0.6 is 11.6 Å². The first-order valence-corrected chi connectivity index (χ1v) is 7.98. The number of nitrogens with one attached hydrogen (secondary N) is 1. The average Bonchev–Trinajstić information content (AvgIpc) is 2.61. The quantitative estimate of drug-likeness (QED) is 0.629. The number of hydrogen-bond acceptors (Lipinski definition) is 3. The molecule has 0 aliphatic carbocycles. The largest absolute Gasteiger partial charge is 0.397 e. The number of fused-ring (bicyclic) bond motifs is 1. The van der Waals surface area contributed by atoms with Crippen LogP contribution in [-0.2, 0) is 4.79 Å². The second-order valence-electron chi connectivity index (χ2n) is 5.62. The van der Waals surface area contributed by atoms with Gasteiger partial charge in [-0.15, -0.1) is 0 Å². The van der Waals surface area contributed by atoms with Gasteiger partial charge in [-0.25, -0.2) is 0 Å². The van der Waals surface area contributed by atoms with E-state index in [2.05, 4.69) is 5.32 Å². The van der Waals surface area contributed by atoms with Crippen molar-refractivity contribution in [1.29, 1.82) is 0 Å². The Kier molecular flexibility index (Phi) is 4.59. The van der Waals surface area contributed by atoms with Crippen molar-refractivity contribution in [3.05, 3.63) is 76.8 Å². The second kappa shape index (κ2) is 6.83. The molecular formula is C19H16ClN3O2. The number of halogens is 1. The maximum absolute atomic E-state index is 12.5. The summed E-state index contributed by atoms with van der Waals surface area (Å²) < 4.78 is 0. The van der Waals surface area contributed by atoms with Gasteiger partial charge in [0.15, 0.2) is 0 Å². The Morgan fingerprint density at radius 3 is 2.40 bits per heavy atom. The first-order valence-electron chi connectivity index (χ1n) is 7.60. The molecule has 3 aromatic rings. The van der Waals surface area contributed by atoms with Gasteiger partial charge in [0.25, 0.3) is 5.91 Å². The van der Waals surface area contributed by atoms with Gasteiger partial charge in [0.1, 0.15) is 6.04 Å². The second-order valence-corrected chi connectivity index (χ2v) is 6.02. The fraction of sp³-hybridized carbons (Fsp3) is 0.0526. The van der Waals surface area contributed by atoms with Crippen LogP contribution < -0.4 is 16.8 Å². The molecule has 0 aliphatic rings. The molecule has 0 heterocycles. The number of benzene rings is 3. The van der Waals surface area contributed by atoms with Gasteiger partial charge in [0, 0.05) is 0 Å². The normalized spacial score (nSPS) is 11.9. The average molecular weight is 354 g/mol. The Morgan fingerprint density at radius 1 is 0.960 bits per heavy atom. The number of nitrogens with two attached hydrogens (primary N) is 2. The molecule has 3 aromatic carbocycles. The van der Waals surface area contributed by atoms with Crippen LogP contribution in [0.15, 0.2) is 60.7 Å². The van der Waals surface area contributed by atoms with E-state index < -0.39 is 17.9 Å². The van der Waals surface area contributed by atoms with Crippen molar-refractivity contribution in [2.75, 3.05) is 5.73 Å². The molecule has 1 unspecified atom stereocenters. The summed E-state index contributed by atoms with van der Waals surface area (Å²) in [5.41, 5.74) is 12.3. The summed E-state index contributed by atoms with van der Waals surface area (Å²) in [5.74, 6) is -1.18. The fourth-order valence-corrected chi connectivity index (χ4v) is 2.82. The minimum absolute atomic E-state index is 0.156. The highest BCUT2D eigenvalue weighted by atomic mass is 35.5. The van der Waals surface area contributed by atoms with Crippen molar-refractivity contribution in [2.24, 2.45) is 5.73 Å². The Hall–Kier alpha value is -3.05. The van der Waals surface area contributed by atoms with Crippen LogP contribution in [0.3, 0.4) is 0 Å². The van der Waals surface area contributed by atoms with Crippen LogP contribution in [0.5, 0.6) is 0 Å². The number of amides is 2. The number of rotatable bonds is 4. The molecule has 0 fully saturated rings. The molecule has 0 radical (unpaired) electrons. The van der Waals surface area contributed by atoms with Crippen molar-refractivity contribution in [3.8, 4) is 0 Å². The molecule has 0 aliphatic heterocycles. The number of hydrogen-bond donors (Lipinski definition) is 3. The third-order valence-corrected chi connectivity index (χ3v) is 4.29. The zero-order valence-electron chi connectivity index (χ0n) is 13.2. The van der Waals surface area contributed by atoms with Crippen molar-refractivity contribution < 1.29 is 9.59 Å². The minimum atomic E-state index is -0.976. The molecule has 2 amide bonds. The van der Waals surface area contributed by atoms with Crippen LogP contribution in [0.2, 0.25) is 5.02 Å². The van der Waals surface area contributed by atoms with Crippen molar-refractivity contribution in [2.45, 2.75) is 6.04 Å². The number of carbonyl (C=O) groups is 2. The van der Waals surface area contributed by atoms with Gasteiger partial charge in [-0.1, -0.05) is 54.1 Å². The summed E-state index contributed by atoms with van der Waals surface area (Å²) in [4.78, 5) is 24.4. The molecule has 0 saturated carbocycles. The topological polar surface area (TPSA) is 98.2 Å². The molecule has 25 heavy (non-hydrogen) atoms. The maximum atomic E-state index is 12.5. The minimum Gasteiger partial charge on any atom is -0.397 e. The Balaban J connectivity index is 1.94. The maximum Gasteiger partial charge on any atom is 0.254 e. The molecule has 3 rings (SSSR count). The zero-order chi connectivity index (χ0) is 18.0. The van der Waals surface area contributed by atoms with Gasteiger partial charge in [0.2, 0.25) is 5.91 Å². The molecule has 5 nitrogen and oxygen atoms in total. The van der Waals surface area contributed by atoms with E-state index in [1.165, 1.54) is 6.07 Å². The van der Waals surface area contributed by atoms with Crippen LogP contribution in [0, 0.1) is 0 Å². The SMILES string of the molecule is NC(=O)C(NC(=O)c1cccc(Cl)c1N)c1ccc2ccccc2c1. The Bertz CT molecular complexity index is 972. The van der Waals surface area contributed by atoms with Crippen LogP contribution in [-0.4, -0.2) is 11.8 Å². The summed E-state index contributed by atoms with van der Waals surface area (Å²) in [6.07, 6.45) is 0. The predicted octanol–water partition coefficient (Wildman–Crippen LogP) is 3.03. The number of para-hydroxylation sites is 1. The Morgan fingerprint density at radius 2 is 1.68 bits per heavy atom. The zero-order valence-corrected chi connectivity index (χ0v) is 14.0. The number of primary amides is 1. The van der Waals surface area contributed by atoms with E-state index in [4.69, 9.17) is 23.1 Å². The lowest BCUT2D eigenvalue weighted by Crippen LogP contribution is -2.37. The van der Waals surface area contributed by atoms with Crippen molar-refractivity contribution >= 4 is 39.9 Å². The van der Waals surface area contributed by atoms with Gasteiger partial charge in [-0.2, -0.15) is 0 Å². The first kappa shape index (κ1) is 16.8. The third-order valence-electron chi connectivity index (χ3n) is 3.96. The Labute approximate surface area is 149 Å². The molecule has 6 heteroatoms. The summed E-state index contributed by atoms with van der Waals surface area (Å²) in [6, 6.07) is 16.9. The highest BCUT2D eigenvalue weighted by molar-refractivity contribution is 6.34. The van der Waals surface area contributed by atoms with E-state index in [0.29, 0.717) is 5.56 Å². The molecule has 126 valence electrons. The summed E-state index contributed by atoms with van der Waals surface area (Å²) in [6.45, 7) is 0. The van der Waals surface area contributed by atoms with E-state index in [0.717, 1.165) is 10.8 Å². The molecular weight excluding hydrogens is 338 g/mol. The molecule has 0 aromatic heterocycles. The summed E-state index contributed by atoms with van der Waals surface area (Å²) >= 11 is 5.94. The number of anilines is 1. The number of carbonyl (C=O) groups excluding carboxylic acids is 2. The van der Waals surface area contributed by atoms with Crippen molar-refractivity contribution in [3.63, 3.8) is 0 Å². The van der Waals surface area contributed by atoms with Crippen LogP contribution in [0.4, 0.5) is 5.69 Å². The highest BCUT2D eigenvalue weighted by Crippen LogP contribution is 2.24. The van der Waals surface area contributed by atoms with Crippen LogP contribution in [0.25, 0.3) is 10.8 Å². The third kappa shape index (κ3) is 3.41. The van der Waals surface area contributed by atoms with Gasteiger partial charge in [0.05, 0.1) is 16.3 Å². The molecule has 0 saturated heterocycles. The lowest BCUT2D eigenvalue weighted by Gasteiger charge is -2.17. The van der Waals surface area contributed by atoms with Gasteiger partial charge < -0.3 is 16.8 Å². The van der Waals surface area contributed by atoms with E-state index >= 15 is 0 Å². The molecule has 0 spiro atoms. The highest BCUT2D eigenvalue weighted by Gasteiger charge is 2.22. The van der Waals surface area contributed by atoms with Gasteiger partial charge >= 0.3 is 0 Å². The monoisotopic (exact) mass is 353 g/mol. The van der Waals surface area contributed by atoms with Crippen molar-refractivity contribution in [1.82, 2.24) is 5.32 Å². The lowest BCUT2D eigenvalue weighted by atomic mass is 10.0. The standard InChI is InChI=1S/C19H16ClN3O2/c20-15-7-3-6-14(16(15)21)19(25)23-17(18(22)24)13-9-8-11-4-1-2-5-12(11)10-13/h1-10,17H,21H2,(H2,22,24)(H,23,25). The van der Waals surface area contributed by atoms with E-state index in [1.807, 2.05) is 36.4 Å². The number of nitrogen functional groups attached to an aromatic ring is 1. The van der Waals surface area contributed by atoms with Gasteiger partial charge in [-0.3, -0.25) is 9.59 Å². The molecule has 1 atom stereocenters. The van der Waals surface area contributed by atoms with E-state index in [9.17, 15) is 9.59 Å². The molecule has 0 bridgehead atoms. The molecule has 5 N–H and O–H groups in total. The smallest absolute Gasteiger partial charge is 0.254 e.